The van der Waals surface area contributed by atoms with E-state index in [1.807, 2.05) is 30.3 Å². The lowest BCUT2D eigenvalue weighted by atomic mass is 9.97. The molecule has 2 heterocycles. The van der Waals surface area contributed by atoms with Crippen LogP contribution in [0.2, 0.25) is 0 Å². The number of nitrogens with one attached hydrogen (secondary N) is 1. The van der Waals surface area contributed by atoms with Crippen molar-refractivity contribution in [1.82, 2.24) is 19.8 Å². The molecular formula is C17H22N4O4S. The van der Waals surface area contributed by atoms with Crippen LogP contribution in [0.1, 0.15) is 18.7 Å². The third-order valence-corrected chi connectivity index (χ3v) is 5.72. The molecular weight excluding hydrogens is 356 g/mol. The highest BCUT2D eigenvalue weighted by Gasteiger charge is 2.28. The van der Waals surface area contributed by atoms with Crippen LogP contribution in [-0.4, -0.2) is 54.7 Å². The SMILES string of the molecule is CS(=O)(=O)N1CCC(C(=O)NCCc2nnc(-c3ccccc3)o2)CC1. The maximum Gasteiger partial charge on any atom is 0.247 e. The highest BCUT2D eigenvalue weighted by molar-refractivity contribution is 7.88. The van der Waals surface area contributed by atoms with Gasteiger partial charge in [0.05, 0.1) is 6.26 Å². The lowest BCUT2D eigenvalue weighted by Crippen LogP contribution is -2.42. The summed E-state index contributed by atoms with van der Waals surface area (Å²) in [6.07, 6.45) is 2.73. The van der Waals surface area contributed by atoms with Crippen molar-refractivity contribution in [2.75, 3.05) is 25.9 Å². The van der Waals surface area contributed by atoms with Gasteiger partial charge < -0.3 is 9.73 Å². The van der Waals surface area contributed by atoms with Crippen molar-refractivity contribution in [1.29, 1.82) is 0 Å². The van der Waals surface area contributed by atoms with E-state index in [9.17, 15) is 13.2 Å². The molecule has 0 unspecified atom stereocenters. The minimum atomic E-state index is -3.17. The Labute approximate surface area is 152 Å². The molecule has 140 valence electrons. The van der Waals surface area contributed by atoms with E-state index in [2.05, 4.69) is 15.5 Å². The molecule has 3 rings (SSSR count). The van der Waals surface area contributed by atoms with Crippen LogP contribution in [0.15, 0.2) is 34.7 Å². The second-order valence-electron chi connectivity index (χ2n) is 6.34. The second kappa shape index (κ2) is 7.96. The molecule has 1 amide bonds. The van der Waals surface area contributed by atoms with Crippen LogP contribution >= 0.6 is 0 Å². The summed E-state index contributed by atoms with van der Waals surface area (Å²) in [6, 6.07) is 9.49. The maximum atomic E-state index is 12.2. The quantitative estimate of drug-likeness (QED) is 0.806. The fourth-order valence-electron chi connectivity index (χ4n) is 2.94. The summed E-state index contributed by atoms with van der Waals surface area (Å²) in [5, 5.41) is 10.9. The minimum Gasteiger partial charge on any atom is -0.421 e. The van der Waals surface area contributed by atoms with E-state index in [0.717, 1.165) is 5.56 Å². The van der Waals surface area contributed by atoms with Crippen molar-refractivity contribution < 1.29 is 17.6 Å². The van der Waals surface area contributed by atoms with Crippen LogP contribution in [0, 0.1) is 5.92 Å². The maximum absolute atomic E-state index is 12.2. The standard InChI is InChI=1S/C17H22N4O4S/c1-26(23,24)21-11-8-13(9-12-21)16(22)18-10-7-15-19-20-17(25-15)14-5-3-2-4-6-14/h2-6,13H,7-12H2,1H3,(H,18,22). The molecule has 1 saturated heterocycles. The van der Waals surface area contributed by atoms with E-state index in [0.29, 0.717) is 50.7 Å². The molecule has 1 aromatic carbocycles. The van der Waals surface area contributed by atoms with Crippen molar-refractivity contribution in [3.8, 4) is 11.5 Å². The van der Waals surface area contributed by atoms with Gasteiger partial charge in [-0.15, -0.1) is 10.2 Å². The molecule has 1 aliphatic rings. The van der Waals surface area contributed by atoms with Gasteiger partial charge in [0.15, 0.2) is 0 Å². The van der Waals surface area contributed by atoms with E-state index in [-0.39, 0.29) is 11.8 Å². The number of aromatic nitrogens is 2. The third-order valence-electron chi connectivity index (χ3n) is 4.42. The summed E-state index contributed by atoms with van der Waals surface area (Å²) in [7, 11) is -3.17. The highest BCUT2D eigenvalue weighted by Crippen LogP contribution is 2.19. The number of amides is 1. The molecule has 1 N–H and O–H groups in total. The molecule has 26 heavy (non-hydrogen) atoms. The lowest BCUT2D eigenvalue weighted by Gasteiger charge is -2.29. The molecule has 2 aromatic rings. The molecule has 0 bridgehead atoms. The largest absolute Gasteiger partial charge is 0.421 e. The normalized spacial score (nSPS) is 16.5. The highest BCUT2D eigenvalue weighted by atomic mass is 32.2. The zero-order valence-corrected chi connectivity index (χ0v) is 15.4. The zero-order valence-electron chi connectivity index (χ0n) is 14.6. The Hall–Kier alpha value is -2.26. The van der Waals surface area contributed by atoms with Crippen molar-refractivity contribution >= 4 is 15.9 Å². The molecule has 8 nitrogen and oxygen atoms in total. The summed E-state index contributed by atoms with van der Waals surface area (Å²) >= 11 is 0. The molecule has 9 heteroatoms. The molecule has 1 aromatic heterocycles. The lowest BCUT2D eigenvalue weighted by molar-refractivity contribution is -0.126. The summed E-state index contributed by atoms with van der Waals surface area (Å²) in [6.45, 7) is 1.18. The van der Waals surface area contributed by atoms with Gasteiger partial charge in [0, 0.05) is 37.5 Å². The van der Waals surface area contributed by atoms with Gasteiger partial charge in [-0.2, -0.15) is 0 Å². The van der Waals surface area contributed by atoms with Gasteiger partial charge in [0.2, 0.25) is 27.7 Å². The van der Waals surface area contributed by atoms with Gasteiger partial charge in [-0.25, -0.2) is 12.7 Å². The number of piperidine rings is 1. The fraction of sp³-hybridized carbons (Fsp3) is 0.471. The van der Waals surface area contributed by atoms with Crippen LogP contribution in [0.4, 0.5) is 0 Å². The minimum absolute atomic E-state index is 0.0547. The number of nitrogens with zero attached hydrogens (tertiary/aromatic N) is 3. The van der Waals surface area contributed by atoms with Crippen molar-refractivity contribution in [2.45, 2.75) is 19.3 Å². The Kier molecular flexibility index (Phi) is 5.67. The number of carbonyl (C=O) groups is 1. The molecule has 0 saturated carbocycles. The molecule has 0 spiro atoms. The number of hydrogen-bond acceptors (Lipinski definition) is 6. The molecule has 0 aliphatic carbocycles. The van der Waals surface area contributed by atoms with E-state index >= 15 is 0 Å². The van der Waals surface area contributed by atoms with E-state index in [1.54, 1.807) is 0 Å². The topological polar surface area (TPSA) is 105 Å². The van der Waals surface area contributed by atoms with Crippen LogP contribution in [-0.2, 0) is 21.2 Å². The van der Waals surface area contributed by atoms with Crippen LogP contribution < -0.4 is 5.32 Å². The van der Waals surface area contributed by atoms with Crippen molar-refractivity contribution in [3.05, 3.63) is 36.2 Å². The summed E-state index contributed by atoms with van der Waals surface area (Å²) in [5.74, 6) is 0.715. The first-order valence-electron chi connectivity index (χ1n) is 8.54. The van der Waals surface area contributed by atoms with E-state index < -0.39 is 10.0 Å². The van der Waals surface area contributed by atoms with E-state index in [1.165, 1.54) is 10.6 Å². The number of benzene rings is 1. The van der Waals surface area contributed by atoms with Crippen LogP contribution in [0.5, 0.6) is 0 Å². The molecule has 1 fully saturated rings. The fourth-order valence-corrected chi connectivity index (χ4v) is 3.81. The number of sulfonamides is 1. The smallest absolute Gasteiger partial charge is 0.247 e. The van der Waals surface area contributed by atoms with E-state index in [4.69, 9.17) is 4.42 Å². The van der Waals surface area contributed by atoms with Gasteiger partial charge in [0.1, 0.15) is 0 Å². The van der Waals surface area contributed by atoms with Gasteiger partial charge in [-0.05, 0) is 25.0 Å². The Morgan fingerprint density at radius 2 is 1.92 bits per heavy atom. The molecule has 0 radical (unpaired) electrons. The van der Waals surface area contributed by atoms with Gasteiger partial charge in [-0.3, -0.25) is 4.79 Å². The summed E-state index contributed by atoms with van der Waals surface area (Å²) in [5.41, 5.74) is 0.855. The first kappa shape index (κ1) is 18.5. The summed E-state index contributed by atoms with van der Waals surface area (Å²) < 4.78 is 30.0. The van der Waals surface area contributed by atoms with Crippen molar-refractivity contribution in [3.63, 3.8) is 0 Å². The number of carbonyl (C=O) groups excluding carboxylic acids is 1. The number of hydrogen-bond donors (Lipinski definition) is 1. The Morgan fingerprint density at radius 3 is 2.58 bits per heavy atom. The monoisotopic (exact) mass is 378 g/mol. The number of rotatable bonds is 6. The van der Waals surface area contributed by atoms with Crippen molar-refractivity contribution in [2.24, 2.45) is 5.92 Å². The Bertz CT molecular complexity index is 843. The van der Waals surface area contributed by atoms with Crippen LogP contribution in [0.25, 0.3) is 11.5 Å². The first-order valence-corrected chi connectivity index (χ1v) is 10.4. The average Bonchev–Trinajstić information content (AvgIpc) is 3.11. The predicted molar refractivity (Wildman–Crippen MR) is 95.6 cm³/mol. The average molecular weight is 378 g/mol. The summed E-state index contributed by atoms with van der Waals surface area (Å²) in [4.78, 5) is 12.2. The zero-order chi connectivity index (χ0) is 18.6. The Balaban J connectivity index is 1.44. The van der Waals surface area contributed by atoms with Gasteiger partial charge >= 0.3 is 0 Å². The molecule has 0 atom stereocenters. The van der Waals surface area contributed by atoms with Crippen LogP contribution in [0.3, 0.4) is 0 Å². The second-order valence-corrected chi connectivity index (χ2v) is 8.33. The van der Waals surface area contributed by atoms with Gasteiger partial charge in [-0.1, -0.05) is 18.2 Å². The predicted octanol–water partition coefficient (Wildman–Crippen LogP) is 1.07. The molecule has 1 aliphatic heterocycles. The third kappa shape index (κ3) is 4.67. The first-order chi connectivity index (χ1) is 12.4. The van der Waals surface area contributed by atoms with Gasteiger partial charge in [0.25, 0.3) is 0 Å². The Morgan fingerprint density at radius 1 is 1.23 bits per heavy atom.